The van der Waals surface area contributed by atoms with E-state index in [1.54, 1.807) is 0 Å². The molecule has 1 aliphatic rings. The number of aliphatic imine (C=N–C) groups is 1. The van der Waals surface area contributed by atoms with Crippen molar-refractivity contribution in [3.63, 3.8) is 0 Å². The Balaban J connectivity index is 2.13. The lowest BCUT2D eigenvalue weighted by Crippen LogP contribution is -2.33. The van der Waals surface area contributed by atoms with Gasteiger partial charge in [-0.2, -0.15) is 13.2 Å². The molecule has 1 aromatic rings. The maximum Gasteiger partial charge on any atom is 0.419 e. The van der Waals surface area contributed by atoms with Gasteiger partial charge in [-0.1, -0.05) is 12.1 Å². The summed E-state index contributed by atoms with van der Waals surface area (Å²) < 4.78 is 51.0. The first kappa shape index (κ1) is 12.7. The lowest BCUT2D eigenvalue weighted by Gasteiger charge is -2.12. The summed E-state index contributed by atoms with van der Waals surface area (Å²) >= 11 is 0. The number of hydrogen-bond acceptors (Lipinski definition) is 3. The van der Waals surface area contributed by atoms with Crippen LogP contribution in [0.3, 0.4) is 0 Å². The minimum Gasteiger partial charge on any atom is -0.355 e. The summed E-state index contributed by atoms with van der Waals surface area (Å²) in [6.07, 6.45) is -4.68. The third kappa shape index (κ3) is 2.72. The van der Waals surface area contributed by atoms with Crippen molar-refractivity contribution >= 4 is 5.96 Å². The molecule has 0 saturated heterocycles. The highest BCUT2D eigenvalue weighted by Crippen LogP contribution is 2.32. The predicted octanol–water partition coefficient (Wildman–Crippen LogP) is 1.89. The average Bonchev–Trinajstić information content (AvgIpc) is 2.79. The van der Waals surface area contributed by atoms with Crippen LogP contribution in [0.15, 0.2) is 23.2 Å². The Bertz CT molecular complexity index is 468. The Morgan fingerprint density at radius 3 is 2.72 bits per heavy atom. The van der Waals surface area contributed by atoms with Gasteiger partial charge in [0.05, 0.1) is 12.1 Å². The number of alkyl halides is 3. The molecule has 1 heterocycles. The second-order valence-corrected chi connectivity index (χ2v) is 3.79. The zero-order valence-electron chi connectivity index (χ0n) is 9.31. The fraction of sp³-hybridized carbons (Fsp3) is 0.364. The Morgan fingerprint density at radius 1 is 1.33 bits per heavy atom. The SMILES string of the molecule is Fc1c(CNC2=NCCN2)cccc1C(F)(F)F. The Labute approximate surface area is 101 Å². The van der Waals surface area contributed by atoms with Crippen LogP contribution in [0.25, 0.3) is 0 Å². The molecule has 0 bridgehead atoms. The van der Waals surface area contributed by atoms with Crippen molar-refractivity contribution in [3.8, 4) is 0 Å². The minimum absolute atomic E-state index is 0.0401. The maximum atomic E-state index is 13.6. The summed E-state index contributed by atoms with van der Waals surface area (Å²) in [6, 6.07) is 3.23. The van der Waals surface area contributed by atoms with Crippen LogP contribution < -0.4 is 10.6 Å². The van der Waals surface area contributed by atoms with Gasteiger partial charge in [-0.15, -0.1) is 0 Å². The molecule has 0 aliphatic carbocycles. The summed E-state index contributed by atoms with van der Waals surface area (Å²) in [5.41, 5.74) is -1.29. The molecular weight excluding hydrogens is 250 g/mol. The van der Waals surface area contributed by atoms with Gasteiger partial charge in [0.25, 0.3) is 0 Å². The number of rotatable bonds is 2. The van der Waals surface area contributed by atoms with Crippen molar-refractivity contribution in [1.82, 2.24) is 10.6 Å². The molecule has 1 aromatic carbocycles. The van der Waals surface area contributed by atoms with Crippen LogP contribution in [0, 0.1) is 5.82 Å². The molecule has 0 unspecified atom stereocenters. The van der Waals surface area contributed by atoms with Gasteiger partial charge >= 0.3 is 6.18 Å². The van der Waals surface area contributed by atoms with Gasteiger partial charge in [0.2, 0.25) is 0 Å². The van der Waals surface area contributed by atoms with E-state index < -0.39 is 17.6 Å². The van der Waals surface area contributed by atoms with Gasteiger partial charge < -0.3 is 10.6 Å². The smallest absolute Gasteiger partial charge is 0.355 e. The molecule has 0 amide bonds. The second kappa shape index (κ2) is 4.83. The lowest BCUT2D eigenvalue weighted by molar-refractivity contribution is -0.140. The number of hydrogen-bond donors (Lipinski definition) is 2. The molecule has 2 rings (SSSR count). The first-order valence-corrected chi connectivity index (χ1v) is 5.35. The molecule has 0 spiro atoms. The molecule has 7 heteroatoms. The average molecular weight is 261 g/mol. The Kier molecular flexibility index (Phi) is 3.40. The van der Waals surface area contributed by atoms with Crippen LogP contribution in [0.5, 0.6) is 0 Å². The van der Waals surface area contributed by atoms with Crippen LogP contribution in [0.4, 0.5) is 17.6 Å². The molecule has 0 aromatic heterocycles. The van der Waals surface area contributed by atoms with Gasteiger partial charge in [-0.3, -0.25) is 4.99 Å². The van der Waals surface area contributed by atoms with E-state index in [4.69, 9.17) is 0 Å². The molecule has 1 aliphatic heterocycles. The van der Waals surface area contributed by atoms with Crippen molar-refractivity contribution in [2.24, 2.45) is 4.99 Å². The Hall–Kier alpha value is -1.79. The molecule has 3 nitrogen and oxygen atoms in total. The largest absolute Gasteiger partial charge is 0.419 e. The molecule has 0 radical (unpaired) electrons. The second-order valence-electron chi connectivity index (χ2n) is 3.79. The van der Waals surface area contributed by atoms with Crippen LogP contribution in [0.2, 0.25) is 0 Å². The maximum absolute atomic E-state index is 13.6. The quantitative estimate of drug-likeness (QED) is 0.798. The summed E-state index contributed by atoms with van der Waals surface area (Å²) in [5, 5.41) is 5.63. The van der Waals surface area contributed by atoms with Crippen LogP contribution >= 0.6 is 0 Å². The third-order valence-corrected chi connectivity index (χ3v) is 2.50. The molecule has 18 heavy (non-hydrogen) atoms. The number of guanidine groups is 1. The minimum atomic E-state index is -4.68. The standard InChI is InChI=1S/C11H11F4N3/c12-9-7(6-18-10-16-4-5-17-10)2-1-3-8(9)11(13,14)15/h1-3H,4-6H2,(H2,16,17,18). The monoisotopic (exact) mass is 261 g/mol. The Morgan fingerprint density at radius 2 is 2.11 bits per heavy atom. The van der Waals surface area contributed by atoms with Crippen molar-refractivity contribution in [2.45, 2.75) is 12.7 Å². The van der Waals surface area contributed by atoms with E-state index in [9.17, 15) is 17.6 Å². The van der Waals surface area contributed by atoms with Gasteiger partial charge in [0.15, 0.2) is 5.96 Å². The zero-order valence-corrected chi connectivity index (χ0v) is 9.31. The number of benzene rings is 1. The van der Waals surface area contributed by atoms with Gasteiger partial charge in [-0.25, -0.2) is 4.39 Å². The molecule has 0 atom stereocenters. The summed E-state index contributed by atoms with van der Waals surface area (Å²) in [5.74, 6) is -0.761. The summed E-state index contributed by atoms with van der Waals surface area (Å²) in [6.45, 7) is 1.24. The van der Waals surface area contributed by atoms with Crippen molar-refractivity contribution in [2.75, 3.05) is 13.1 Å². The molecular formula is C11H11F4N3. The van der Waals surface area contributed by atoms with Gasteiger partial charge in [-0.05, 0) is 6.07 Å². The first-order chi connectivity index (χ1) is 8.48. The highest BCUT2D eigenvalue weighted by atomic mass is 19.4. The van der Waals surface area contributed by atoms with Crippen molar-refractivity contribution < 1.29 is 17.6 Å². The molecule has 98 valence electrons. The number of nitrogens with zero attached hydrogens (tertiary/aromatic N) is 1. The predicted molar refractivity (Wildman–Crippen MR) is 58.5 cm³/mol. The van der Waals surface area contributed by atoms with Crippen LogP contribution in [-0.2, 0) is 12.7 Å². The van der Waals surface area contributed by atoms with Gasteiger partial charge in [0.1, 0.15) is 5.82 Å². The van der Waals surface area contributed by atoms with Crippen LogP contribution in [-0.4, -0.2) is 19.0 Å². The van der Waals surface area contributed by atoms with E-state index in [1.165, 1.54) is 12.1 Å². The topological polar surface area (TPSA) is 36.4 Å². The van der Waals surface area contributed by atoms with E-state index in [1.807, 2.05) is 0 Å². The van der Waals surface area contributed by atoms with Crippen molar-refractivity contribution in [3.05, 3.63) is 35.1 Å². The van der Waals surface area contributed by atoms with E-state index in [2.05, 4.69) is 15.6 Å². The first-order valence-electron chi connectivity index (χ1n) is 5.35. The highest BCUT2D eigenvalue weighted by Gasteiger charge is 2.34. The number of halogens is 4. The zero-order chi connectivity index (χ0) is 13.2. The van der Waals surface area contributed by atoms with Crippen LogP contribution in [0.1, 0.15) is 11.1 Å². The summed E-state index contributed by atoms with van der Waals surface area (Å²) in [7, 11) is 0. The number of nitrogens with one attached hydrogen (secondary N) is 2. The van der Waals surface area contributed by atoms with Gasteiger partial charge in [0, 0.05) is 18.7 Å². The molecule has 0 fully saturated rings. The molecule has 0 saturated carbocycles. The van der Waals surface area contributed by atoms with E-state index >= 15 is 0 Å². The lowest BCUT2D eigenvalue weighted by atomic mass is 10.1. The third-order valence-electron chi connectivity index (χ3n) is 2.50. The fourth-order valence-electron chi connectivity index (χ4n) is 1.63. The van der Waals surface area contributed by atoms with E-state index in [0.29, 0.717) is 19.0 Å². The molecule has 2 N–H and O–H groups in total. The fourth-order valence-corrected chi connectivity index (χ4v) is 1.63. The highest BCUT2D eigenvalue weighted by molar-refractivity contribution is 5.81. The summed E-state index contributed by atoms with van der Waals surface area (Å²) in [4.78, 5) is 4.00. The van der Waals surface area contributed by atoms with Crippen molar-refractivity contribution in [1.29, 1.82) is 0 Å². The normalized spacial score (nSPS) is 15.2. The van der Waals surface area contributed by atoms with E-state index in [0.717, 1.165) is 6.07 Å². The van der Waals surface area contributed by atoms with E-state index in [-0.39, 0.29) is 12.1 Å².